The van der Waals surface area contributed by atoms with E-state index in [1.54, 1.807) is 13.3 Å². The molecule has 1 aliphatic rings. The molecule has 2 amide bonds. The highest BCUT2D eigenvalue weighted by molar-refractivity contribution is 5.88. The molecule has 3 N–H and O–H groups in total. The van der Waals surface area contributed by atoms with Gasteiger partial charge in [-0.3, -0.25) is 14.5 Å². The molecular weight excluding hydrogens is 596 g/mol. The van der Waals surface area contributed by atoms with E-state index in [9.17, 15) is 9.59 Å². The van der Waals surface area contributed by atoms with Crippen molar-refractivity contribution in [2.75, 3.05) is 33.4 Å². The van der Waals surface area contributed by atoms with Gasteiger partial charge in [-0.05, 0) is 30.2 Å². The number of ether oxygens (including phenoxy) is 2. The lowest BCUT2D eigenvalue weighted by molar-refractivity contribution is -0.129. The molecule has 2 aromatic heterocycles. The third kappa shape index (κ3) is 8.03. The summed E-state index contributed by atoms with van der Waals surface area (Å²) in [6.07, 6.45) is 4.58. The molecule has 5 aromatic rings. The minimum Gasteiger partial charge on any atom is -0.493 e. The monoisotopic (exact) mass is 634 g/mol. The Balaban J connectivity index is 1.27. The number of aromatic amines is 1. The summed E-state index contributed by atoms with van der Waals surface area (Å²) in [5.74, 6) is 1.45. The molecule has 2 bridgehead atoms. The number of imidazole rings is 1. The summed E-state index contributed by atoms with van der Waals surface area (Å²) >= 11 is 0. The second-order valence-corrected chi connectivity index (χ2v) is 11.3. The lowest BCUT2D eigenvalue weighted by Gasteiger charge is -2.24. The predicted octanol–water partition coefficient (Wildman–Crippen LogP) is 3.47. The molecule has 0 aliphatic carbocycles. The van der Waals surface area contributed by atoms with E-state index in [4.69, 9.17) is 9.47 Å². The largest absolute Gasteiger partial charge is 0.493 e. The highest BCUT2D eigenvalue weighted by atomic mass is 16.5. The fraction of sp³-hybridized carbons (Fsp3) is 0.286. The Morgan fingerprint density at radius 1 is 0.957 bits per heavy atom. The number of nitrogens with one attached hydrogen (secondary N) is 3. The smallest absolute Gasteiger partial charge is 0.242 e. The van der Waals surface area contributed by atoms with Crippen molar-refractivity contribution in [1.29, 1.82) is 0 Å². The molecule has 0 fully saturated rings. The van der Waals surface area contributed by atoms with Gasteiger partial charge < -0.3 is 24.7 Å². The summed E-state index contributed by atoms with van der Waals surface area (Å²) < 4.78 is 13.8. The van der Waals surface area contributed by atoms with Crippen LogP contribution >= 0.6 is 0 Å². The van der Waals surface area contributed by atoms with Crippen LogP contribution in [-0.4, -0.2) is 81.1 Å². The number of hydrogen-bond donors (Lipinski definition) is 3. The van der Waals surface area contributed by atoms with Crippen LogP contribution in [0.4, 0.5) is 0 Å². The number of hydrogen-bond acceptors (Lipinski definition) is 8. The molecule has 0 saturated carbocycles. The maximum atomic E-state index is 13.6. The summed E-state index contributed by atoms with van der Waals surface area (Å²) in [5.41, 5.74) is 4.19. The van der Waals surface area contributed by atoms with Crippen LogP contribution < -0.4 is 20.1 Å². The van der Waals surface area contributed by atoms with E-state index < -0.39 is 6.04 Å². The van der Waals surface area contributed by atoms with Gasteiger partial charge in [0, 0.05) is 56.1 Å². The molecule has 12 nitrogen and oxygen atoms in total. The van der Waals surface area contributed by atoms with Gasteiger partial charge in [-0.25, -0.2) is 4.98 Å². The number of H-pyrrole nitrogens is 1. The lowest BCUT2D eigenvalue weighted by atomic mass is 10.1. The molecule has 47 heavy (non-hydrogen) atoms. The van der Waals surface area contributed by atoms with Gasteiger partial charge in [0.15, 0.2) is 11.5 Å². The minimum absolute atomic E-state index is 0.0524. The molecule has 1 atom stereocenters. The fourth-order valence-electron chi connectivity index (χ4n) is 5.69. The van der Waals surface area contributed by atoms with Crippen LogP contribution in [0, 0.1) is 0 Å². The van der Waals surface area contributed by atoms with Gasteiger partial charge in [-0.1, -0.05) is 60.7 Å². The molecule has 0 spiro atoms. The van der Waals surface area contributed by atoms with E-state index in [0.717, 1.165) is 33.9 Å². The third-order valence-corrected chi connectivity index (χ3v) is 8.01. The Labute approximate surface area is 273 Å². The van der Waals surface area contributed by atoms with Crippen molar-refractivity contribution in [3.05, 3.63) is 103 Å². The predicted molar refractivity (Wildman–Crippen MR) is 177 cm³/mol. The Hall–Kier alpha value is -5.49. The van der Waals surface area contributed by atoms with Gasteiger partial charge in [0.2, 0.25) is 11.8 Å². The standard InChI is InChI=1S/C35H38N8O4/c1-46-30-14-13-27-22-31(30)47-20-8-17-42(23-29-33(40-41-39-29)26-11-6-3-7-12-26)24-32(44)38-28(21-25-9-4-2-5-10-25)35(45)37-16-19-43-18-15-36-34(27)43/h2-7,9-15,18,22,28H,8,16-17,19-21,23-24H2,1H3,(H,37,45)(H,38,44)(H,39,40,41)/t28-/m0/s1. The minimum atomic E-state index is -0.757. The molecule has 0 saturated heterocycles. The van der Waals surface area contributed by atoms with Gasteiger partial charge >= 0.3 is 0 Å². The summed E-state index contributed by atoms with van der Waals surface area (Å²) in [6, 6.07) is 24.4. The van der Waals surface area contributed by atoms with E-state index in [1.807, 2.05) is 94.5 Å². The Morgan fingerprint density at radius 3 is 2.57 bits per heavy atom. The number of rotatable bonds is 6. The van der Waals surface area contributed by atoms with Crippen LogP contribution in [0.2, 0.25) is 0 Å². The van der Waals surface area contributed by atoms with Crippen LogP contribution in [0.1, 0.15) is 17.7 Å². The number of nitrogens with zero attached hydrogens (tertiary/aromatic N) is 5. The number of benzene rings is 3. The van der Waals surface area contributed by atoms with Crippen LogP contribution in [-0.2, 0) is 29.1 Å². The highest BCUT2D eigenvalue weighted by Gasteiger charge is 2.24. The third-order valence-electron chi connectivity index (χ3n) is 8.01. The fourth-order valence-corrected chi connectivity index (χ4v) is 5.69. The van der Waals surface area contributed by atoms with Crippen molar-refractivity contribution in [3.8, 4) is 34.1 Å². The van der Waals surface area contributed by atoms with Crippen molar-refractivity contribution < 1.29 is 19.1 Å². The Bertz CT molecular complexity index is 1770. The molecule has 3 heterocycles. The summed E-state index contributed by atoms with van der Waals surface area (Å²) in [6.45, 7) is 2.17. The highest BCUT2D eigenvalue weighted by Crippen LogP contribution is 2.32. The van der Waals surface area contributed by atoms with Crippen LogP contribution in [0.25, 0.3) is 22.6 Å². The van der Waals surface area contributed by atoms with E-state index in [1.165, 1.54) is 0 Å². The first-order chi connectivity index (χ1) is 23.1. The number of methoxy groups -OCH3 is 1. The van der Waals surface area contributed by atoms with Crippen LogP contribution in [0.3, 0.4) is 0 Å². The molecule has 0 unspecified atom stereocenters. The van der Waals surface area contributed by atoms with Crippen LogP contribution in [0.5, 0.6) is 11.5 Å². The van der Waals surface area contributed by atoms with Gasteiger partial charge in [0.1, 0.15) is 23.3 Å². The maximum absolute atomic E-state index is 13.6. The molecule has 6 rings (SSSR count). The lowest BCUT2D eigenvalue weighted by Crippen LogP contribution is -2.51. The average Bonchev–Trinajstić information content (AvgIpc) is 3.76. The number of amides is 2. The zero-order valence-electron chi connectivity index (χ0n) is 26.3. The van der Waals surface area contributed by atoms with Gasteiger partial charge in [0.05, 0.1) is 20.3 Å². The van der Waals surface area contributed by atoms with Crippen LogP contribution in [0.15, 0.2) is 91.3 Å². The summed E-state index contributed by atoms with van der Waals surface area (Å²) in [4.78, 5) is 33.7. The molecule has 242 valence electrons. The maximum Gasteiger partial charge on any atom is 0.242 e. The van der Waals surface area contributed by atoms with Crippen molar-refractivity contribution in [3.63, 3.8) is 0 Å². The topological polar surface area (TPSA) is 139 Å². The van der Waals surface area contributed by atoms with Crippen molar-refractivity contribution in [2.45, 2.75) is 32.0 Å². The Morgan fingerprint density at radius 2 is 1.77 bits per heavy atom. The second-order valence-electron chi connectivity index (χ2n) is 11.3. The first kappa shape index (κ1) is 31.5. The zero-order valence-corrected chi connectivity index (χ0v) is 26.3. The SMILES string of the molecule is COc1ccc2cc1OCCCN(Cc1n[nH]nc1-c1ccccc1)CC(=O)N[C@@H](Cc1ccccc1)C(=O)NCCn1ccnc1-2. The normalized spacial score (nSPS) is 16.6. The molecule has 1 aliphatic heterocycles. The molecule has 3 aromatic carbocycles. The second kappa shape index (κ2) is 15.2. The number of fused-ring (bicyclic) bond motifs is 4. The first-order valence-electron chi connectivity index (χ1n) is 15.7. The van der Waals surface area contributed by atoms with Gasteiger partial charge in [-0.2, -0.15) is 15.4 Å². The van der Waals surface area contributed by atoms with E-state index in [2.05, 4.69) is 31.0 Å². The Kier molecular flexibility index (Phi) is 10.2. The zero-order chi connectivity index (χ0) is 32.4. The summed E-state index contributed by atoms with van der Waals surface area (Å²) in [7, 11) is 1.61. The first-order valence-corrected chi connectivity index (χ1v) is 15.7. The van der Waals surface area contributed by atoms with Crippen molar-refractivity contribution in [2.24, 2.45) is 0 Å². The molecular formula is C35H38N8O4. The van der Waals surface area contributed by atoms with E-state index in [-0.39, 0.29) is 18.4 Å². The summed E-state index contributed by atoms with van der Waals surface area (Å²) in [5, 5.41) is 17.6. The molecule has 12 heteroatoms. The van der Waals surface area contributed by atoms with E-state index >= 15 is 0 Å². The van der Waals surface area contributed by atoms with Gasteiger partial charge in [-0.15, -0.1) is 0 Å². The quantitative estimate of drug-likeness (QED) is 0.258. The number of aromatic nitrogens is 5. The van der Waals surface area contributed by atoms with Crippen molar-refractivity contribution >= 4 is 11.8 Å². The van der Waals surface area contributed by atoms with Gasteiger partial charge in [0.25, 0.3) is 0 Å². The van der Waals surface area contributed by atoms with Crippen molar-refractivity contribution in [1.82, 2.24) is 40.5 Å². The average molecular weight is 635 g/mol. The van der Waals surface area contributed by atoms with E-state index in [0.29, 0.717) is 57.1 Å². The number of carbonyl (C=O) groups is 2. The molecule has 0 radical (unpaired) electrons. The number of carbonyl (C=O) groups excluding carboxylic acids is 2.